The van der Waals surface area contributed by atoms with Crippen molar-refractivity contribution in [1.29, 1.82) is 0 Å². The van der Waals surface area contributed by atoms with Crippen LogP contribution in [0.1, 0.15) is 48.5 Å². The van der Waals surface area contributed by atoms with Crippen LogP contribution in [0.25, 0.3) is 0 Å². The molecule has 0 heterocycles. The van der Waals surface area contributed by atoms with Crippen molar-refractivity contribution < 1.29 is 0 Å². The molecule has 2 heteroatoms. The molecule has 0 fully saturated rings. The van der Waals surface area contributed by atoms with Crippen molar-refractivity contribution in [1.82, 2.24) is 0 Å². The van der Waals surface area contributed by atoms with E-state index in [1.54, 1.807) is 0 Å². The Hall–Kier alpha value is -2.22. The summed E-state index contributed by atoms with van der Waals surface area (Å²) >= 11 is 0. The maximum absolute atomic E-state index is 4.59. The molecule has 1 aliphatic carbocycles. The fraction of sp³-hybridized carbons (Fsp3) is 0.391. The second-order valence-corrected chi connectivity index (χ2v) is 6.95. The van der Waals surface area contributed by atoms with E-state index < -0.39 is 0 Å². The Morgan fingerprint density at radius 1 is 0.720 bits per heavy atom. The summed E-state index contributed by atoms with van der Waals surface area (Å²) in [5.41, 5.74) is 10.5. The highest BCUT2D eigenvalue weighted by Crippen LogP contribution is 2.29. The molecular weight excluding hydrogens is 304 g/mol. The lowest BCUT2D eigenvalue weighted by Crippen LogP contribution is -2.25. The van der Waals surface area contributed by atoms with Crippen LogP contribution < -0.4 is 0 Å². The number of rotatable bonds is 4. The highest BCUT2D eigenvalue weighted by atomic mass is 14.8. The first-order valence-electron chi connectivity index (χ1n) is 8.74. The van der Waals surface area contributed by atoms with Crippen LogP contribution in [0.4, 0.5) is 0 Å². The quantitative estimate of drug-likeness (QED) is 0.431. The van der Waals surface area contributed by atoms with Crippen molar-refractivity contribution in [3.63, 3.8) is 0 Å². The molecule has 0 aromatic heterocycles. The summed E-state index contributed by atoms with van der Waals surface area (Å²) in [5.74, 6) is 0. The molecule has 0 atom stereocenters. The summed E-state index contributed by atoms with van der Waals surface area (Å²) < 4.78 is 0. The monoisotopic (exact) mass is 336 g/mol. The molecule has 0 unspecified atom stereocenters. The Kier molecular flexibility index (Phi) is 7.76. The van der Waals surface area contributed by atoms with Gasteiger partial charge in [-0.05, 0) is 71.3 Å². The third-order valence-electron chi connectivity index (χ3n) is 4.07. The van der Waals surface area contributed by atoms with Gasteiger partial charge in [0.2, 0.25) is 0 Å². The van der Waals surface area contributed by atoms with Crippen LogP contribution in [0.5, 0.6) is 0 Å². The summed E-state index contributed by atoms with van der Waals surface area (Å²) in [6.45, 7) is 14.8. The summed E-state index contributed by atoms with van der Waals surface area (Å²) in [7, 11) is 3.69. The summed E-state index contributed by atoms with van der Waals surface area (Å²) in [6.07, 6.45) is 10.8. The first-order valence-corrected chi connectivity index (χ1v) is 8.74. The Morgan fingerprint density at radius 3 is 1.64 bits per heavy atom. The van der Waals surface area contributed by atoms with Crippen LogP contribution >= 0.6 is 0 Å². The normalized spacial score (nSPS) is 19.3. The largest absolute Gasteiger partial charge is 0.286 e. The van der Waals surface area contributed by atoms with Crippen LogP contribution in [0.15, 0.2) is 79.4 Å². The van der Waals surface area contributed by atoms with Gasteiger partial charge in [0, 0.05) is 25.2 Å². The standard InChI is InChI=1S/C23H32N2/c1-15(2)10-12-17(5)20-14-19(7)21(18(6)13-11-16(3)4)23(25-9)22(20)24-8/h10-14H,1-9H3. The van der Waals surface area contributed by atoms with Gasteiger partial charge in [-0.1, -0.05) is 35.5 Å². The Balaban J connectivity index is 3.59. The topological polar surface area (TPSA) is 24.7 Å². The second kappa shape index (κ2) is 9.31. The molecule has 25 heavy (non-hydrogen) atoms. The Bertz CT molecular complexity index is 765. The Labute approximate surface area is 153 Å². The van der Waals surface area contributed by atoms with E-state index in [1.165, 1.54) is 33.4 Å². The average molecular weight is 337 g/mol. The van der Waals surface area contributed by atoms with Gasteiger partial charge in [0.1, 0.15) is 0 Å². The lowest BCUT2D eigenvalue weighted by atomic mass is 9.83. The fourth-order valence-corrected chi connectivity index (χ4v) is 2.79. The first kappa shape index (κ1) is 20.8. The zero-order chi connectivity index (χ0) is 19.1. The molecule has 134 valence electrons. The average Bonchev–Trinajstić information content (AvgIpc) is 2.56. The summed E-state index contributed by atoms with van der Waals surface area (Å²) in [5, 5.41) is 0. The number of aliphatic imine (C=N–C) groups is 2. The molecule has 0 aromatic carbocycles. The molecule has 0 spiro atoms. The molecule has 0 aromatic rings. The number of allylic oxidation sites excluding steroid dienone is 12. The van der Waals surface area contributed by atoms with Crippen molar-refractivity contribution in [2.75, 3.05) is 14.1 Å². The van der Waals surface area contributed by atoms with Crippen molar-refractivity contribution in [2.45, 2.75) is 48.5 Å². The third-order valence-corrected chi connectivity index (χ3v) is 4.07. The van der Waals surface area contributed by atoms with Crippen LogP contribution in [-0.4, -0.2) is 25.5 Å². The van der Waals surface area contributed by atoms with E-state index in [0.717, 1.165) is 17.0 Å². The van der Waals surface area contributed by atoms with Gasteiger partial charge in [0.05, 0.1) is 11.4 Å². The molecule has 0 radical (unpaired) electrons. The van der Waals surface area contributed by atoms with Crippen LogP contribution in [-0.2, 0) is 0 Å². The number of hydrogen-bond donors (Lipinski definition) is 0. The molecule has 1 aliphatic rings. The maximum atomic E-state index is 4.59. The van der Waals surface area contributed by atoms with E-state index in [4.69, 9.17) is 0 Å². The van der Waals surface area contributed by atoms with Gasteiger partial charge >= 0.3 is 0 Å². The Morgan fingerprint density at radius 2 is 1.20 bits per heavy atom. The SMILES string of the molecule is CN=C1C(C(C)=CC=C(C)C)=CC(C)=C(C(C)=CC=C(C)C)C1=NC. The number of hydrogen-bond acceptors (Lipinski definition) is 2. The van der Waals surface area contributed by atoms with E-state index in [-0.39, 0.29) is 0 Å². The minimum atomic E-state index is 0.962. The van der Waals surface area contributed by atoms with Gasteiger partial charge in [-0.15, -0.1) is 0 Å². The van der Waals surface area contributed by atoms with E-state index in [2.05, 4.69) is 88.8 Å². The fourth-order valence-electron chi connectivity index (χ4n) is 2.79. The molecule has 0 N–H and O–H groups in total. The van der Waals surface area contributed by atoms with E-state index in [0.29, 0.717) is 0 Å². The highest BCUT2D eigenvalue weighted by Gasteiger charge is 2.25. The zero-order valence-corrected chi connectivity index (χ0v) is 17.3. The van der Waals surface area contributed by atoms with Crippen LogP contribution in [0.2, 0.25) is 0 Å². The molecule has 0 aliphatic heterocycles. The lowest BCUT2D eigenvalue weighted by Gasteiger charge is -2.23. The highest BCUT2D eigenvalue weighted by molar-refractivity contribution is 6.56. The first-order chi connectivity index (χ1) is 11.7. The van der Waals surface area contributed by atoms with Crippen LogP contribution in [0.3, 0.4) is 0 Å². The van der Waals surface area contributed by atoms with Gasteiger partial charge < -0.3 is 0 Å². The van der Waals surface area contributed by atoms with Crippen molar-refractivity contribution in [3.05, 3.63) is 69.4 Å². The third kappa shape index (κ3) is 5.38. The smallest absolute Gasteiger partial charge is 0.0906 e. The predicted molar refractivity (Wildman–Crippen MR) is 114 cm³/mol. The van der Waals surface area contributed by atoms with Crippen molar-refractivity contribution in [2.24, 2.45) is 9.98 Å². The molecule has 0 bridgehead atoms. The van der Waals surface area contributed by atoms with Gasteiger partial charge in [0.25, 0.3) is 0 Å². The number of nitrogens with zero attached hydrogens (tertiary/aromatic N) is 2. The molecular formula is C23H32N2. The van der Waals surface area contributed by atoms with E-state index in [1.807, 2.05) is 14.1 Å². The van der Waals surface area contributed by atoms with Gasteiger partial charge in [-0.3, -0.25) is 9.98 Å². The minimum Gasteiger partial charge on any atom is -0.286 e. The van der Waals surface area contributed by atoms with Gasteiger partial charge in [-0.2, -0.15) is 0 Å². The van der Waals surface area contributed by atoms with Crippen molar-refractivity contribution in [3.8, 4) is 0 Å². The van der Waals surface area contributed by atoms with Crippen molar-refractivity contribution >= 4 is 11.4 Å². The molecule has 0 amide bonds. The second-order valence-electron chi connectivity index (χ2n) is 6.95. The molecule has 2 nitrogen and oxygen atoms in total. The summed E-state index contributed by atoms with van der Waals surface area (Å²) in [6, 6.07) is 0. The predicted octanol–water partition coefficient (Wildman–Crippen LogP) is 6.21. The zero-order valence-electron chi connectivity index (χ0n) is 17.3. The minimum absolute atomic E-state index is 0.962. The molecule has 1 rings (SSSR count). The molecule has 0 saturated heterocycles. The van der Waals surface area contributed by atoms with Gasteiger partial charge in [-0.25, -0.2) is 0 Å². The lowest BCUT2D eigenvalue weighted by molar-refractivity contribution is 1.29. The summed E-state index contributed by atoms with van der Waals surface area (Å²) in [4.78, 5) is 9.16. The van der Waals surface area contributed by atoms with E-state index >= 15 is 0 Å². The van der Waals surface area contributed by atoms with Crippen LogP contribution in [0, 0.1) is 0 Å². The van der Waals surface area contributed by atoms with E-state index in [9.17, 15) is 0 Å². The molecule has 0 saturated carbocycles. The van der Waals surface area contributed by atoms with Gasteiger partial charge in [0.15, 0.2) is 0 Å². The maximum Gasteiger partial charge on any atom is 0.0906 e.